The fourth-order valence-corrected chi connectivity index (χ4v) is 2.50. The van der Waals surface area contributed by atoms with E-state index in [0.717, 1.165) is 16.5 Å². The van der Waals surface area contributed by atoms with E-state index in [1.165, 1.54) is 11.8 Å². The van der Waals surface area contributed by atoms with Gasteiger partial charge in [-0.3, -0.25) is 9.59 Å². The predicted molar refractivity (Wildman–Crippen MR) is 85.4 cm³/mol. The number of nitrogens with one attached hydrogen (secondary N) is 1. The number of aryl methyl sites for hydroxylation is 1. The van der Waals surface area contributed by atoms with Crippen molar-refractivity contribution in [1.82, 2.24) is 0 Å². The van der Waals surface area contributed by atoms with Crippen molar-refractivity contribution in [2.45, 2.75) is 11.8 Å². The molecule has 0 spiro atoms. The number of nitrogens with two attached hydrogens (primary N) is 1. The average molecular weight is 336 g/mol. The van der Waals surface area contributed by atoms with Gasteiger partial charge in [0.2, 0.25) is 5.91 Å². The molecule has 0 aliphatic rings. The lowest BCUT2D eigenvalue weighted by atomic mass is 10.1. The zero-order valence-electron chi connectivity index (χ0n) is 12.2. The van der Waals surface area contributed by atoms with E-state index < -0.39 is 29.0 Å². The van der Waals surface area contributed by atoms with Crippen molar-refractivity contribution in [3.05, 3.63) is 59.2 Å². The maximum Gasteiger partial charge on any atom is 0.251 e. The van der Waals surface area contributed by atoms with E-state index in [4.69, 9.17) is 5.73 Å². The first-order valence-corrected chi connectivity index (χ1v) is 7.63. The van der Waals surface area contributed by atoms with Gasteiger partial charge in [0.1, 0.15) is 11.6 Å². The summed E-state index contributed by atoms with van der Waals surface area (Å²) < 4.78 is 27.0. The molecule has 0 atom stereocenters. The van der Waals surface area contributed by atoms with E-state index >= 15 is 0 Å². The Morgan fingerprint density at radius 1 is 1.13 bits per heavy atom. The number of carbonyl (C=O) groups is 2. The summed E-state index contributed by atoms with van der Waals surface area (Å²) in [5.74, 6) is -3.50. The fraction of sp³-hybridized carbons (Fsp3) is 0.125. The van der Waals surface area contributed by atoms with Gasteiger partial charge < -0.3 is 11.1 Å². The third-order valence-corrected chi connectivity index (χ3v) is 4.00. The normalized spacial score (nSPS) is 10.4. The molecule has 0 aromatic heterocycles. The molecule has 0 fully saturated rings. The molecule has 0 heterocycles. The Morgan fingerprint density at radius 3 is 2.39 bits per heavy atom. The Bertz CT molecular complexity index is 748. The van der Waals surface area contributed by atoms with Crippen LogP contribution in [0, 0.1) is 18.6 Å². The number of halogens is 2. The van der Waals surface area contributed by atoms with Crippen molar-refractivity contribution in [2.24, 2.45) is 5.73 Å². The Balaban J connectivity index is 2.03. The van der Waals surface area contributed by atoms with E-state index in [2.05, 4.69) is 5.32 Å². The molecular weight excluding hydrogens is 322 g/mol. The number of thioether (sulfide) groups is 1. The molecule has 2 rings (SSSR count). The largest absolute Gasteiger partial charge is 0.366 e. The van der Waals surface area contributed by atoms with Crippen molar-refractivity contribution in [3.63, 3.8) is 0 Å². The maximum atomic E-state index is 13.6. The Morgan fingerprint density at radius 2 is 1.78 bits per heavy atom. The van der Waals surface area contributed by atoms with Crippen LogP contribution < -0.4 is 11.1 Å². The van der Waals surface area contributed by atoms with Crippen LogP contribution in [0.3, 0.4) is 0 Å². The lowest BCUT2D eigenvalue weighted by molar-refractivity contribution is -0.113. The standard InChI is InChI=1S/C16H14F2N2O2S/c1-9-2-4-10(5-3-9)23-8-15(21)20-14-6-11(16(19)22)12(17)7-13(14)18/h2-7H,8H2,1H3,(H2,19,22)(H,20,21). The van der Waals surface area contributed by atoms with Crippen LogP contribution >= 0.6 is 11.8 Å². The van der Waals surface area contributed by atoms with Crippen molar-refractivity contribution < 1.29 is 18.4 Å². The molecule has 3 N–H and O–H groups in total. The van der Waals surface area contributed by atoms with Crippen LogP contribution in [0.15, 0.2) is 41.3 Å². The topological polar surface area (TPSA) is 72.2 Å². The summed E-state index contributed by atoms with van der Waals surface area (Å²) >= 11 is 1.28. The fourth-order valence-electron chi connectivity index (χ4n) is 1.80. The molecule has 0 radical (unpaired) electrons. The van der Waals surface area contributed by atoms with E-state index in [-0.39, 0.29) is 11.4 Å². The Labute approximate surface area is 136 Å². The minimum absolute atomic E-state index is 0.0474. The highest BCUT2D eigenvalue weighted by Crippen LogP contribution is 2.21. The molecule has 0 aliphatic carbocycles. The highest BCUT2D eigenvalue weighted by atomic mass is 32.2. The summed E-state index contributed by atoms with van der Waals surface area (Å²) in [4.78, 5) is 23.8. The van der Waals surface area contributed by atoms with Gasteiger partial charge in [0.25, 0.3) is 5.91 Å². The predicted octanol–water partition coefficient (Wildman–Crippen LogP) is 3.10. The monoisotopic (exact) mass is 336 g/mol. The first-order chi connectivity index (χ1) is 10.9. The third-order valence-electron chi connectivity index (χ3n) is 2.99. The van der Waals surface area contributed by atoms with E-state index in [1.807, 2.05) is 31.2 Å². The van der Waals surface area contributed by atoms with Gasteiger partial charge in [-0.05, 0) is 25.1 Å². The summed E-state index contributed by atoms with van der Waals surface area (Å²) in [6.07, 6.45) is 0. The summed E-state index contributed by atoms with van der Waals surface area (Å²) in [6.45, 7) is 1.95. The Hall–Kier alpha value is -2.41. The van der Waals surface area contributed by atoms with Gasteiger partial charge in [0, 0.05) is 11.0 Å². The molecule has 2 aromatic rings. The first-order valence-electron chi connectivity index (χ1n) is 6.65. The van der Waals surface area contributed by atoms with E-state index in [9.17, 15) is 18.4 Å². The molecule has 2 amide bonds. The summed E-state index contributed by atoms with van der Waals surface area (Å²) in [5, 5.41) is 2.31. The smallest absolute Gasteiger partial charge is 0.251 e. The lowest BCUT2D eigenvalue weighted by Gasteiger charge is -2.08. The van der Waals surface area contributed by atoms with Crippen LogP contribution in [0.4, 0.5) is 14.5 Å². The molecule has 23 heavy (non-hydrogen) atoms. The molecule has 0 aliphatic heterocycles. The molecule has 7 heteroatoms. The van der Waals surface area contributed by atoms with Crippen molar-refractivity contribution >= 4 is 29.3 Å². The number of rotatable bonds is 5. The number of benzene rings is 2. The molecule has 4 nitrogen and oxygen atoms in total. The summed E-state index contributed by atoms with van der Waals surface area (Å²) in [6, 6.07) is 8.98. The number of anilines is 1. The highest BCUT2D eigenvalue weighted by molar-refractivity contribution is 8.00. The number of hydrogen-bond acceptors (Lipinski definition) is 3. The van der Waals surface area contributed by atoms with Crippen LogP contribution in [0.1, 0.15) is 15.9 Å². The molecular formula is C16H14F2N2O2S. The van der Waals surface area contributed by atoms with Crippen LogP contribution in [0.2, 0.25) is 0 Å². The van der Waals surface area contributed by atoms with Gasteiger partial charge >= 0.3 is 0 Å². The van der Waals surface area contributed by atoms with Gasteiger partial charge in [0.15, 0.2) is 0 Å². The lowest BCUT2D eigenvalue weighted by Crippen LogP contribution is -2.18. The van der Waals surface area contributed by atoms with Crippen LogP contribution in [-0.2, 0) is 4.79 Å². The van der Waals surface area contributed by atoms with Crippen molar-refractivity contribution in [1.29, 1.82) is 0 Å². The zero-order chi connectivity index (χ0) is 17.0. The minimum Gasteiger partial charge on any atom is -0.366 e. The number of amides is 2. The number of carbonyl (C=O) groups excluding carboxylic acids is 2. The minimum atomic E-state index is -1.07. The van der Waals surface area contributed by atoms with E-state index in [0.29, 0.717) is 6.07 Å². The summed E-state index contributed by atoms with van der Waals surface area (Å²) in [5.41, 5.74) is 5.33. The van der Waals surface area contributed by atoms with Crippen LogP contribution in [0.25, 0.3) is 0 Å². The molecule has 0 saturated heterocycles. The van der Waals surface area contributed by atoms with E-state index in [1.54, 1.807) is 0 Å². The second-order valence-corrected chi connectivity index (χ2v) is 5.87. The molecule has 120 valence electrons. The van der Waals surface area contributed by atoms with Crippen molar-refractivity contribution in [3.8, 4) is 0 Å². The van der Waals surface area contributed by atoms with Crippen LogP contribution in [-0.4, -0.2) is 17.6 Å². The van der Waals surface area contributed by atoms with Gasteiger partial charge in [-0.2, -0.15) is 0 Å². The van der Waals surface area contributed by atoms with Gasteiger partial charge in [0.05, 0.1) is 17.0 Å². The Kier molecular flexibility index (Phi) is 5.33. The third kappa shape index (κ3) is 4.53. The van der Waals surface area contributed by atoms with Crippen LogP contribution in [0.5, 0.6) is 0 Å². The highest BCUT2D eigenvalue weighted by Gasteiger charge is 2.15. The maximum absolute atomic E-state index is 13.6. The van der Waals surface area contributed by atoms with Gasteiger partial charge in [-0.1, -0.05) is 17.7 Å². The number of primary amides is 1. The average Bonchev–Trinajstić information content (AvgIpc) is 2.49. The van der Waals surface area contributed by atoms with Gasteiger partial charge in [-0.25, -0.2) is 8.78 Å². The SMILES string of the molecule is Cc1ccc(SCC(=O)Nc2cc(C(N)=O)c(F)cc2F)cc1. The molecule has 0 saturated carbocycles. The number of hydrogen-bond donors (Lipinski definition) is 2. The van der Waals surface area contributed by atoms with Gasteiger partial charge in [-0.15, -0.1) is 11.8 Å². The molecule has 0 unspecified atom stereocenters. The first kappa shape index (κ1) is 17.0. The zero-order valence-corrected chi connectivity index (χ0v) is 13.0. The second kappa shape index (κ2) is 7.23. The molecule has 0 bridgehead atoms. The quantitative estimate of drug-likeness (QED) is 0.824. The molecule has 2 aromatic carbocycles. The second-order valence-electron chi connectivity index (χ2n) is 4.83. The van der Waals surface area contributed by atoms with Crippen molar-refractivity contribution in [2.75, 3.05) is 11.1 Å². The summed E-state index contributed by atoms with van der Waals surface area (Å²) in [7, 11) is 0.